The maximum absolute atomic E-state index is 6.16. The minimum Gasteiger partial charge on any atom is -0.399 e. The Morgan fingerprint density at radius 3 is 1.64 bits per heavy atom. The van der Waals surface area contributed by atoms with Crippen LogP contribution < -0.4 is 10.4 Å². The first-order valence-corrected chi connectivity index (χ1v) is 9.45. The van der Waals surface area contributed by atoms with E-state index in [-0.39, 0.29) is 18.3 Å². The molecule has 0 radical (unpaired) electrons. The van der Waals surface area contributed by atoms with Crippen LogP contribution >= 0.6 is 0 Å². The van der Waals surface area contributed by atoms with Crippen LogP contribution in [0.15, 0.2) is 73.1 Å². The van der Waals surface area contributed by atoms with Crippen LogP contribution in [-0.4, -0.2) is 28.3 Å². The first-order chi connectivity index (χ1) is 13.4. The summed E-state index contributed by atoms with van der Waals surface area (Å²) in [6.45, 7) is 8.24. The molecule has 0 spiro atoms. The number of aromatic nitrogens is 2. The fourth-order valence-electron chi connectivity index (χ4n) is 3.11. The molecule has 1 aliphatic rings. The van der Waals surface area contributed by atoms with Gasteiger partial charge in [-0.25, -0.2) is 9.97 Å². The van der Waals surface area contributed by atoms with E-state index in [1.807, 2.05) is 65.6 Å². The lowest BCUT2D eigenvalue weighted by Crippen LogP contribution is -2.41. The minimum atomic E-state index is -0.378. The summed E-state index contributed by atoms with van der Waals surface area (Å²) < 4.78 is 12.3. The topological polar surface area (TPSA) is 47.5 Å². The Kier molecular flexibility index (Phi) is 4.69. The molecule has 3 heterocycles. The largest absolute Gasteiger partial charge is 0.494 e. The molecular weight excluding hydrogens is 349 g/mol. The van der Waals surface area contributed by atoms with Gasteiger partial charge in [0.15, 0.2) is 0 Å². The molecule has 1 fully saturated rings. The SMILES string of the molecule is CC1(C)OB(c2ccc(N(c3ccccn3)c3ccccn3)cc2)OC1(C)C. The normalized spacial score (nSPS) is 17.5. The second-order valence-electron chi connectivity index (χ2n) is 7.89. The lowest BCUT2D eigenvalue weighted by molar-refractivity contribution is 0.00578. The lowest BCUT2D eigenvalue weighted by atomic mass is 9.79. The van der Waals surface area contributed by atoms with Crippen molar-refractivity contribution in [2.75, 3.05) is 4.90 Å². The van der Waals surface area contributed by atoms with E-state index in [9.17, 15) is 0 Å². The number of hydrogen-bond donors (Lipinski definition) is 0. The van der Waals surface area contributed by atoms with Gasteiger partial charge >= 0.3 is 7.12 Å². The lowest BCUT2D eigenvalue weighted by Gasteiger charge is -2.32. The molecule has 4 rings (SSSR count). The first kappa shape index (κ1) is 18.7. The minimum absolute atomic E-state index is 0.357. The van der Waals surface area contributed by atoms with Crippen LogP contribution in [-0.2, 0) is 9.31 Å². The van der Waals surface area contributed by atoms with Crippen LogP contribution in [0.25, 0.3) is 0 Å². The zero-order valence-corrected chi connectivity index (χ0v) is 16.7. The zero-order valence-electron chi connectivity index (χ0n) is 16.7. The first-order valence-electron chi connectivity index (χ1n) is 9.45. The van der Waals surface area contributed by atoms with Gasteiger partial charge in [-0.2, -0.15) is 0 Å². The number of benzene rings is 1. The van der Waals surface area contributed by atoms with E-state index < -0.39 is 0 Å². The number of hydrogen-bond acceptors (Lipinski definition) is 5. The molecule has 1 aliphatic heterocycles. The van der Waals surface area contributed by atoms with Crippen molar-refractivity contribution in [2.45, 2.75) is 38.9 Å². The van der Waals surface area contributed by atoms with Crippen molar-refractivity contribution in [2.24, 2.45) is 0 Å². The second kappa shape index (κ2) is 7.04. The number of nitrogens with zero attached hydrogens (tertiary/aromatic N) is 3. The highest BCUT2D eigenvalue weighted by atomic mass is 16.7. The summed E-state index contributed by atoms with van der Waals surface area (Å²) >= 11 is 0. The third kappa shape index (κ3) is 3.41. The Labute approximate surface area is 166 Å². The van der Waals surface area contributed by atoms with E-state index >= 15 is 0 Å². The monoisotopic (exact) mass is 373 g/mol. The number of rotatable bonds is 4. The molecule has 0 aliphatic carbocycles. The third-order valence-electron chi connectivity index (χ3n) is 5.43. The molecule has 0 unspecified atom stereocenters. The van der Waals surface area contributed by atoms with Gasteiger partial charge < -0.3 is 9.31 Å². The van der Waals surface area contributed by atoms with Crippen LogP contribution in [0.5, 0.6) is 0 Å². The number of pyridine rings is 2. The summed E-state index contributed by atoms with van der Waals surface area (Å²) in [7, 11) is -0.378. The maximum Gasteiger partial charge on any atom is 0.494 e. The molecule has 0 amide bonds. The Morgan fingerprint density at radius 2 is 1.21 bits per heavy atom. The van der Waals surface area contributed by atoms with Gasteiger partial charge in [0.25, 0.3) is 0 Å². The molecule has 3 aromatic rings. The molecule has 0 atom stereocenters. The van der Waals surface area contributed by atoms with E-state index in [1.54, 1.807) is 12.4 Å². The van der Waals surface area contributed by atoms with Crippen LogP contribution in [0, 0.1) is 0 Å². The molecule has 1 aromatic carbocycles. The Balaban J connectivity index is 1.66. The number of anilines is 3. The van der Waals surface area contributed by atoms with Gasteiger partial charge in [0.05, 0.1) is 11.2 Å². The van der Waals surface area contributed by atoms with Gasteiger partial charge in [-0.15, -0.1) is 0 Å². The second-order valence-corrected chi connectivity index (χ2v) is 7.89. The summed E-state index contributed by atoms with van der Waals surface area (Å²) in [6.07, 6.45) is 3.56. The summed E-state index contributed by atoms with van der Waals surface area (Å²) in [5, 5.41) is 0. The molecule has 2 aromatic heterocycles. The highest BCUT2D eigenvalue weighted by Gasteiger charge is 2.51. The highest BCUT2D eigenvalue weighted by molar-refractivity contribution is 6.62. The predicted molar refractivity (Wildman–Crippen MR) is 112 cm³/mol. The summed E-state index contributed by atoms with van der Waals surface area (Å²) in [4.78, 5) is 11.0. The summed E-state index contributed by atoms with van der Waals surface area (Å²) in [5.74, 6) is 1.62. The van der Waals surface area contributed by atoms with E-state index in [0.29, 0.717) is 0 Å². The Bertz CT molecular complexity index is 876. The van der Waals surface area contributed by atoms with Gasteiger partial charge in [0.2, 0.25) is 0 Å². The van der Waals surface area contributed by atoms with Gasteiger partial charge in [-0.3, -0.25) is 4.90 Å². The smallest absolute Gasteiger partial charge is 0.399 e. The van der Waals surface area contributed by atoms with E-state index in [2.05, 4.69) is 37.7 Å². The molecule has 5 nitrogen and oxygen atoms in total. The molecule has 1 saturated heterocycles. The van der Waals surface area contributed by atoms with Crippen molar-refractivity contribution in [1.82, 2.24) is 9.97 Å². The molecule has 142 valence electrons. The average molecular weight is 373 g/mol. The fourth-order valence-corrected chi connectivity index (χ4v) is 3.11. The van der Waals surface area contributed by atoms with E-state index in [1.165, 1.54) is 0 Å². The Morgan fingerprint density at radius 1 is 0.714 bits per heavy atom. The van der Waals surface area contributed by atoms with E-state index in [0.717, 1.165) is 22.8 Å². The molecule has 28 heavy (non-hydrogen) atoms. The van der Waals surface area contributed by atoms with Gasteiger partial charge in [0.1, 0.15) is 11.6 Å². The van der Waals surface area contributed by atoms with Crippen molar-refractivity contribution >= 4 is 29.9 Å². The third-order valence-corrected chi connectivity index (χ3v) is 5.43. The van der Waals surface area contributed by atoms with Crippen LogP contribution in [0.3, 0.4) is 0 Å². The Hall–Kier alpha value is -2.70. The van der Waals surface area contributed by atoms with Crippen LogP contribution in [0.4, 0.5) is 17.3 Å². The quantitative estimate of drug-likeness (QED) is 0.640. The molecule has 0 saturated carbocycles. The predicted octanol–water partition coefficient (Wildman–Crippen LogP) is 4.25. The molecule has 0 bridgehead atoms. The van der Waals surface area contributed by atoms with Crippen LogP contribution in [0.1, 0.15) is 27.7 Å². The standard InChI is InChI=1S/C22H24BN3O2/c1-21(2)22(3,4)28-23(27-21)17-11-13-18(14-12-17)26(19-9-5-7-15-24-19)20-10-6-8-16-25-20/h5-16H,1-4H3. The maximum atomic E-state index is 6.16. The van der Waals surface area contributed by atoms with Crippen molar-refractivity contribution in [1.29, 1.82) is 0 Å². The molecule has 0 N–H and O–H groups in total. The average Bonchev–Trinajstić information content (AvgIpc) is 2.92. The summed E-state index contributed by atoms with van der Waals surface area (Å²) in [5.41, 5.74) is 1.25. The van der Waals surface area contributed by atoms with Crippen LogP contribution in [0.2, 0.25) is 0 Å². The van der Waals surface area contributed by atoms with E-state index in [4.69, 9.17) is 9.31 Å². The highest BCUT2D eigenvalue weighted by Crippen LogP contribution is 2.37. The summed E-state index contributed by atoms with van der Waals surface area (Å²) in [6, 6.07) is 19.9. The van der Waals surface area contributed by atoms with Crippen molar-refractivity contribution in [3.63, 3.8) is 0 Å². The molecule has 6 heteroatoms. The van der Waals surface area contributed by atoms with Crippen molar-refractivity contribution in [3.05, 3.63) is 73.1 Å². The van der Waals surface area contributed by atoms with Crippen molar-refractivity contribution < 1.29 is 9.31 Å². The van der Waals surface area contributed by atoms with Gasteiger partial charge in [0, 0.05) is 18.1 Å². The van der Waals surface area contributed by atoms with Gasteiger partial charge in [-0.05, 0) is 69.6 Å². The van der Waals surface area contributed by atoms with Gasteiger partial charge in [-0.1, -0.05) is 24.3 Å². The molecular formula is C22H24BN3O2. The van der Waals surface area contributed by atoms with Crippen molar-refractivity contribution in [3.8, 4) is 0 Å². The zero-order chi connectivity index (χ0) is 19.8. The fraction of sp³-hybridized carbons (Fsp3) is 0.273.